The lowest BCUT2D eigenvalue weighted by atomic mass is 9.85. The first-order valence-corrected chi connectivity index (χ1v) is 14.3. The molecular formula is C31H42N6O3. The molecule has 1 aliphatic rings. The van der Waals surface area contributed by atoms with Gasteiger partial charge in [-0.2, -0.15) is 0 Å². The van der Waals surface area contributed by atoms with Crippen LogP contribution in [0.25, 0.3) is 5.78 Å². The van der Waals surface area contributed by atoms with Gasteiger partial charge in [0.25, 0.3) is 5.91 Å². The van der Waals surface area contributed by atoms with Crippen molar-refractivity contribution in [2.75, 3.05) is 19.6 Å². The lowest BCUT2D eigenvalue weighted by Gasteiger charge is -2.37. The van der Waals surface area contributed by atoms with Gasteiger partial charge in [-0.3, -0.25) is 18.8 Å². The molecule has 3 amide bonds. The Morgan fingerprint density at radius 3 is 2.58 bits per heavy atom. The van der Waals surface area contributed by atoms with E-state index in [4.69, 9.17) is 0 Å². The molecule has 0 saturated carbocycles. The molecule has 3 atom stereocenters. The minimum absolute atomic E-state index is 0.0842. The van der Waals surface area contributed by atoms with Crippen molar-refractivity contribution in [3.05, 3.63) is 66.2 Å². The Balaban J connectivity index is 1.56. The van der Waals surface area contributed by atoms with Crippen LogP contribution in [-0.4, -0.2) is 73.6 Å². The second-order valence-corrected chi connectivity index (χ2v) is 11.9. The van der Waals surface area contributed by atoms with Crippen molar-refractivity contribution in [1.29, 1.82) is 0 Å². The third-order valence-electron chi connectivity index (χ3n) is 7.81. The second-order valence-electron chi connectivity index (χ2n) is 11.9. The van der Waals surface area contributed by atoms with Crippen molar-refractivity contribution < 1.29 is 14.4 Å². The van der Waals surface area contributed by atoms with Crippen molar-refractivity contribution in [3.8, 4) is 0 Å². The number of nitrogens with zero attached hydrogens (tertiary/aromatic N) is 5. The number of nitrogens with one attached hydrogen (secondary N) is 1. The summed E-state index contributed by atoms with van der Waals surface area (Å²) in [5, 5.41) is 3.04. The average molecular weight is 547 g/mol. The van der Waals surface area contributed by atoms with Gasteiger partial charge in [-0.25, -0.2) is 9.97 Å². The zero-order valence-corrected chi connectivity index (χ0v) is 24.3. The summed E-state index contributed by atoms with van der Waals surface area (Å²) in [5.41, 5.74) is 1.01. The van der Waals surface area contributed by atoms with Gasteiger partial charge in [0.15, 0.2) is 0 Å². The fourth-order valence-electron chi connectivity index (χ4n) is 5.13. The summed E-state index contributed by atoms with van der Waals surface area (Å²) in [7, 11) is 0. The molecule has 1 aromatic carbocycles. The normalized spacial score (nSPS) is 17.0. The molecule has 1 N–H and O–H groups in total. The SMILES string of the molecule is CC[C@@H](C)C(=O)N[C@H](C(=O)N1CCC[C@H]1CN(CCc1ccccc1)C(=O)c1cn2cccnc2n1)C(C)(C)C. The highest BCUT2D eigenvalue weighted by Crippen LogP contribution is 2.27. The monoisotopic (exact) mass is 546 g/mol. The quantitative estimate of drug-likeness (QED) is 0.415. The van der Waals surface area contributed by atoms with Crippen LogP contribution >= 0.6 is 0 Å². The summed E-state index contributed by atoms with van der Waals surface area (Å²) in [5.74, 6) is -0.0708. The van der Waals surface area contributed by atoms with Crippen LogP contribution in [-0.2, 0) is 16.0 Å². The maximum atomic E-state index is 14.0. The van der Waals surface area contributed by atoms with Crippen molar-refractivity contribution in [2.24, 2.45) is 11.3 Å². The Bertz CT molecular complexity index is 1280. The summed E-state index contributed by atoms with van der Waals surface area (Å²) in [6.07, 6.45) is 8.22. The van der Waals surface area contributed by atoms with Crippen molar-refractivity contribution in [2.45, 2.75) is 72.4 Å². The minimum Gasteiger partial charge on any atom is -0.344 e. The molecule has 0 unspecified atom stereocenters. The summed E-state index contributed by atoms with van der Waals surface area (Å²) in [6, 6.07) is 11.1. The Morgan fingerprint density at radius 1 is 1.15 bits per heavy atom. The number of aromatic nitrogens is 3. The zero-order valence-electron chi connectivity index (χ0n) is 24.3. The Kier molecular flexibility index (Phi) is 9.22. The first-order chi connectivity index (χ1) is 19.1. The van der Waals surface area contributed by atoms with Gasteiger partial charge in [0.1, 0.15) is 11.7 Å². The van der Waals surface area contributed by atoms with E-state index in [1.165, 1.54) is 0 Å². The third kappa shape index (κ3) is 6.87. The molecule has 2 aromatic heterocycles. The summed E-state index contributed by atoms with van der Waals surface area (Å²) < 4.78 is 1.74. The maximum absolute atomic E-state index is 14.0. The maximum Gasteiger partial charge on any atom is 0.274 e. The number of carbonyl (C=O) groups is 3. The predicted octanol–water partition coefficient (Wildman–Crippen LogP) is 3.98. The van der Waals surface area contributed by atoms with Gasteiger partial charge in [0, 0.05) is 50.2 Å². The molecule has 40 heavy (non-hydrogen) atoms. The zero-order chi connectivity index (χ0) is 28.9. The van der Waals surface area contributed by atoms with Crippen molar-refractivity contribution in [1.82, 2.24) is 29.5 Å². The van der Waals surface area contributed by atoms with E-state index in [-0.39, 0.29) is 29.7 Å². The van der Waals surface area contributed by atoms with E-state index in [9.17, 15) is 14.4 Å². The number of hydrogen-bond donors (Lipinski definition) is 1. The molecule has 4 rings (SSSR count). The Labute approximate surface area is 237 Å². The van der Waals surface area contributed by atoms with Gasteiger partial charge in [-0.1, -0.05) is 65.0 Å². The van der Waals surface area contributed by atoms with Crippen LogP contribution in [0.1, 0.15) is 69.9 Å². The van der Waals surface area contributed by atoms with E-state index < -0.39 is 11.5 Å². The summed E-state index contributed by atoms with van der Waals surface area (Å²) in [4.78, 5) is 53.0. The van der Waals surface area contributed by atoms with Gasteiger partial charge >= 0.3 is 0 Å². The lowest BCUT2D eigenvalue weighted by molar-refractivity contribution is -0.141. The Morgan fingerprint density at radius 2 is 1.90 bits per heavy atom. The lowest BCUT2D eigenvalue weighted by Crippen LogP contribution is -2.57. The molecule has 3 aromatic rings. The number of fused-ring (bicyclic) bond motifs is 1. The molecule has 1 aliphatic heterocycles. The van der Waals surface area contributed by atoms with Crippen LogP contribution in [0.15, 0.2) is 55.0 Å². The van der Waals surface area contributed by atoms with Gasteiger partial charge in [0.05, 0.1) is 0 Å². The van der Waals surface area contributed by atoms with E-state index in [1.807, 2.05) is 68.8 Å². The van der Waals surface area contributed by atoms with Gasteiger partial charge in [0.2, 0.25) is 17.6 Å². The molecule has 9 nitrogen and oxygen atoms in total. The van der Waals surface area contributed by atoms with E-state index in [0.29, 0.717) is 43.9 Å². The standard InChI is InChI=1S/C31H42N6O3/c1-6-22(2)27(38)34-26(31(3,4)5)29(40)37-18-10-14-24(37)20-35(19-15-23-12-8-7-9-13-23)28(39)25-21-36-17-11-16-32-30(36)33-25/h7-9,11-13,16-17,21-22,24,26H,6,10,14-15,18-20H2,1-5H3,(H,34,38)/t22-,24+,26-/m1/s1. The number of imidazole rings is 1. The van der Waals surface area contributed by atoms with Gasteiger partial charge in [-0.15, -0.1) is 0 Å². The second kappa shape index (κ2) is 12.6. The van der Waals surface area contributed by atoms with E-state index >= 15 is 0 Å². The number of hydrogen-bond acceptors (Lipinski definition) is 5. The van der Waals surface area contributed by atoms with Crippen LogP contribution in [0.4, 0.5) is 0 Å². The predicted molar refractivity (Wildman–Crippen MR) is 155 cm³/mol. The summed E-state index contributed by atoms with van der Waals surface area (Å²) in [6.45, 7) is 11.3. The third-order valence-corrected chi connectivity index (χ3v) is 7.81. The average Bonchev–Trinajstić information content (AvgIpc) is 3.59. The molecule has 3 heterocycles. The number of benzene rings is 1. The highest BCUT2D eigenvalue weighted by molar-refractivity contribution is 5.93. The van der Waals surface area contributed by atoms with Crippen LogP contribution in [0.5, 0.6) is 0 Å². The van der Waals surface area contributed by atoms with Crippen LogP contribution < -0.4 is 5.32 Å². The van der Waals surface area contributed by atoms with E-state index in [1.54, 1.807) is 22.9 Å². The van der Waals surface area contributed by atoms with E-state index in [2.05, 4.69) is 27.4 Å². The van der Waals surface area contributed by atoms with Crippen LogP contribution in [0.3, 0.4) is 0 Å². The molecule has 0 spiro atoms. The molecule has 0 aliphatic carbocycles. The summed E-state index contributed by atoms with van der Waals surface area (Å²) >= 11 is 0. The smallest absolute Gasteiger partial charge is 0.274 e. The van der Waals surface area contributed by atoms with Gasteiger partial charge < -0.3 is 15.1 Å². The largest absolute Gasteiger partial charge is 0.344 e. The Hall–Kier alpha value is -3.75. The minimum atomic E-state index is -0.646. The number of likely N-dealkylation sites (tertiary alicyclic amines) is 1. The highest BCUT2D eigenvalue weighted by atomic mass is 16.2. The molecule has 0 bridgehead atoms. The molecule has 1 fully saturated rings. The molecule has 214 valence electrons. The first kappa shape index (κ1) is 29.2. The van der Waals surface area contributed by atoms with Gasteiger partial charge in [-0.05, 0) is 42.7 Å². The number of amides is 3. The van der Waals surface area contributed by atoms with Crippen molar-refractivity contribution >= 4 is 23.5 Å². The molecule has 1 saturated heterocycles. The topological polar surface area (TPSA) is 99.9 Å². The molecular weight excluding hydrogens is 504 g/mol. The van der Waals surface area contributed by atoms with Crippen LogP contribution in [0, 0.1) is 11.3 Å². The number of rotatable bonds is 10. The van der Waals surface area contributed by atoms with Crippen LogP contribution in [0.2, 0.25) is 0 Å². The fourth-order valence-corrected chi connectivity index (χ4v) is 5.13. The highest BCUT2D eigenvalue weighted by Gasteiger charge is 2.40. The first-order valence-electron chi connectivity index (χ1n) is 14.3. The van der Waals surface area contributed by atoms with Crippen molar-refractivity contribution in [3.63, 3.8) is 0 Å². The number of carbonyl (C=O) groups excluding carboxylic acids is 3. The molecule has 0 radical (unpaired) electrons. The van der Waals surface area contributed by atoms with E-state index in [0.717, 1.165) is 18.4 Å². The molecule has 9 heteroatoms. The fraction of sp³-hybridized carbons (Fsp3) is 0.516.